The van der Waals surface area contributed by atoms with Gasteiger partial charge in [0.05, 0.1) is 17.4 Å². The molecule has 1 saturated heterocycles. The van der Waals surface area contributed by atoms with Gasteiger partial charge in [-0.3, -0.25) is 4.98 Å². The van der Waals surface area contributed by atoms with Crippen LogP contribution in [-0.2, 0) is 9.31 Å². The minimum Gasteiger partial charge on any atom is -0.489 e. The molecule has 1 aliphatic rings. The molecule has 4 nitrogen and oxygen atoms in total. The second-order valence-corrected chi connectivity index (χ2v) is 5.58. The number of alkyl halides is 1. The zero-order valence-electron chi connectivity index (χ0n) is 11.8. The molecule has 1 aliphatic heterocycles. The van der Waals surface area contributed by atoms with Gasteiger partial charge in [0, 0.05) is 11.7 Å². The summed E-state index contributed by atoms with van der Waals surface area (Å²) >= 11 is 0. The molecule has 0 radical (unpaired) electrons. The lowest BCUT2D eigenvalue weighted by atomic mass is 9.80. The number of halogens is 1. The SMILES string of the molecule is CC1(C)OB(c2cncc(OCCF)c2)OC1(C)C. The van der Waals surface area contributed by atoms with Gasteiger partial charge in [-0.15, -0.1) is 0 Å². The molecular weight excluding hydrogens is 248 g/mol. The van der Waals surface area contributed by atoms with Crippen LogP contribution in [0.4, 0.5) is 4.39 Å². The summed E-state index contributed by atoms with van der Waals surface area (Å²) in [6.45, 7) is 7.46. The highest BCUT2D eigenvalue weighted by atomic mass is 19.1. The smallest absolute Gasteiger partial charge is 0.489 e. The molecular formula is C13H19BFNO3. The van der Waals surface area contributed by atoms with Crippen LogP contribution >= 0.6 is 0 Å². The van der Waals surface area contributed by atoms with Gasteiger partial charge in [0.2, 0.25) is 0 Å². The van der Waals surface area contributed by atoms with Gasteiger partial charge in [-0.25, -0.2) is 4.39 Å². The third kappa shape index (κ3) is 2.90. The first-order valence-corrected chi connectivity index (χ1v) is 6.35. The van der Waals surface area contributed by atoms with Gasteiger partial charge in [0.1, 0.15) is 19.0 Å². The quantitative estimate of drug-likeness (QED) is 0.779. The second-order valence-electron chi connectivity index (χ2n) is 5.58. The van der Waals surface area contributed by atoms with Crippen molar-refractivity contribution in [3.8, 4) is 5.75 Å². The molecule has 2 heterocycles. The number of hydrogen-bond donors (Lipinski definition) is 0. The molecule has 1 fully saturated rings. The summed E-state index contributed by atoms with van der Waals surface area (Å²) in [4.78, 5) is 4.07. The monoisotopic (exact) mass is 267 g/mol. The van der Waals surface area contributed by atoms with Crippen LogP contribution in [0.5, 0.6) is 5.75 Å². The summed E-state index contributed by atoms with van der Waals surface area (Å²) in [5.41, 5.74) is -0.0176. The minimum absolute atomic E-state index is 0.0223. The number of rotatable bonds is 4. The fraction of sp³-hybridized carbons (Fsp3) is 0.615. The third-order valence-corrected chi connectivity index (χ3v) is 3.61. The summed E-state index contributed by atoms with van der Waals surface area (Å²) in [6, 6.07) is 1.77. The summed E-state index contributed by atoms with van der Waals surface area (Å²) in [7, 11) is -0.480. The van der Waals surface area contributed by atoms with Crippen LogP contribution in [0.15, 0.2) is 18.5 Å². The molecule has 0 aliphatic carbocycles. The first-order valence-electron chi connectivity index (χ1n) is 6.35. The van der Waals surface area contributed by atoms with E-state index in [-0.39, 0.29) is 6.61 Å². The number of nitrogens with zero attached hydrogens (tertiary/aromatic N) is 1. The van der Waals surface area contributed by atoms with Gasteiger partial charge in [0.25, 0.3) is 0 Å². The van der Waals surface area contributed by atoms with E-state index in [1.54, 1.807) is 18.5 Å². The Bertz CT molecular complexity index is 437. The first-order chi connectivity index (χ1) is 8.86. The van der Waals surface area contributed by atoms with Crippen LogP contribution in [0, 0.1) is 0 Å². The van der Waals surface area contributed by atoms with Gasteiger partial charge < -0.3 is 14.0 Å². The van der Waals surface area contributed by atoms with Crippen molar-refractivity contribution in [1.82, 2.24) is 4.98 Å². The largest absolute Gasteiger partial charge is 0.496 e. The lowest BCUT2D eigenvalue weighted by Gasteiger charge is -2.32. The number of hydrogen-bond acceptors (Lipinski definition) is 4. The summed E-state index contributed by atoms with van der Waals surface area (Å²) in [6.07, 6.45) is 3.22. The Morgan fingerprint density at radius 3 is 2.42 bits per heavy atom. The Labute approximate surface area is 113 Å². The van der Waals surface area contributed by atoms with Crippen molar-refractivity contribution < 1.29 is 18.4 Å². The van der Waals surface area contributed by atoms with E-state index in [1.807, 2.05) is 27.7 Å². The fourth-order valence-electron chi connectivity index (χ4n) is 1.78. The average molecular weight is 267 g/mol. The lowest BCUT2D eigenvalue weighted by Crippen LogP contribution is -2.41. The van der Waals surface area contributed by atoms with Gasteiger partial charge >= 0.3 is 7.12 Å². The second kappa shape index (κ2) is 5.09. The molecule has 0 atom stereocenters. The molecule has 2 rings (SSSR count). The van der Waals surface area contributed by atoms with Crippen LogP contribution in [0.2, 0.25) is 0 Å². The molecule has 0 spiro atoms. The topological polar surface area (TPSA) is 40.6 Å². The van der Waals surface area contributed by atoms with E-state index in [0.717, 1.165) is 5.46 Å². The van der Waals surface area contributed by atoms with Gasteiger partial charge in [-0.2, -0.15) is 0 Å². The maximum Gasteiger partial charge on any atom is 0.496 e. The Hall–Kier alpha value is -1.14. The predicted molar refractivity (Wildman–Crippen MR) is 71.4 cm³/mol. The van der Waals surface area contributed by atoms with Crippen molar-refractivity contribution in [2.75, 3.05) is 13.3 Å². The molecule has 6 heteroatoms. The summed E-state index contributed by atoms with van der Waals surface area (Å²) in [5, 5.41) is 0. The van der Waals surface area contributed by atoms with Crippen molar-refractivity contribution in [3.05, 3.63) is 18.5 Å². The highest BCUT2D eigenvalue weighted by Gasteiger charge is 2.51. The van der Waals surface area contributed by atoms with Crippen LogP contribution in [-0.4, -0.2) is 36.6 Å². The molecule has 0 aromatic carbocycles. The highest BCUT2D eigenvalue weighted by molar-refractivity contribution is 6.62. The van der Waals surface area contributed by atoms with Crippen LogP contribution < -0.4 is 10.2 Å². The Balaban J connectivity index is 2.15. The summed E-state index contributed by atoms with van der Waals surface area (Å²) < 4.78 is 29.1. The standard InChI is InChI=1S/C13H19BFNO3/c1-12(2)13(3,4)19-14(18-12)10-7-11(9-16-8-10)17-6-5-15/h7-9H,5-6H2,1-4H3. The summed E-state index contributed by atoms with van der Waals surface area (Å²) in [5.74, 6) is 0.518. The maximum absolute atomic E-state index is 12.1. The Kier molecular flexibility index (Phi) is 3.83. The van der Waals surface area contributed by atoms with E-state index in [1.165, 1.54) is 0 Å². The molecule has 104 valence electrons. The van der Waals surface area contributed by atoms with Gasteiger partial charge in [0.15, 0.2) is 0 Å². The Morgan fingerprint density at radius 2 is 1.84 bits per heavy atom. The van der Waals surface area contributed by atoms with Gasteiger partial charge in [-0.05, 0) is 33.8 Å². The molecule has 1 aromatic rings. The zero-order chi connectivity index (χ0) is 14.1. The van der Waals surface area contributed by atoms with Crippen molar-refractivity contribution in [1.29, 1.82) is 0 Å². The molecule has 1 aromatic heterocycles. The Morgan fingerprint density at radius 1 is 1.21 bits per heavy atom. The van der Waals surface area contributed by atoms with E-state index in [2.05, 4.69) is 4.98 Å². The van der Waals surface area contributed by atoms with Crippen molar-refractivity contribution in [2.24, 2.45) is 0 Å². The van der Waals surface area contributed by atoms with Crippen LogP contribution in [0.3, 0.4) is 0 Å². The number of ether oxygens (including phenoxy) is 1. The lowest BCUT2D eigenvalue weighted by molar-refractivity contribution is 0.00578. The zero-order valence-corrected chi connectivity index (χ0v) is 11.8. The number of aromatic nitrogens is 1. The van der Waals surface area contributed by atoms with E-state index >= 15 is 0 Å². The molecule has 0 amide bonds. The molecule has 0 saturated carbocycles. The maximum atomic E-state index is 12.1. The van der Waals surface area contributed by atoms with E-state index in [0.29, 0.717) is 5.75 Å². The van der Waals surface area contributed by atoms with E-state index < -0.39 is 25.0 Å². The molecule has 19 heavy (non-hydrogen) atoms. The van der Waals surface area contributed by atoms with Crippen molar-refractivity contribution in [2.45, 2.75) is 38.9 Å². The first kappa shape index (κ1) is 14.3. The van der Waals surface area contributed by atoms with Gasteiger partial charge in [-0.1, -0.05) is 0 Å². The van der Waals surface area contributed by atoms with Crippen LogP contribution in [0.25, 0.3) is 0 Å². The number of pyridine rings is 1. The van der Waals surface area contributed by atoms with Crippen LogP contribution in [0.1, 0.15) is 27.7 Å². The molecule has 0 N–H and O–H groups in total. The molecule has 0 bridgehead atoms. The highest BCUT2D eigenvalue weighted by Crippen LogP contribution is 2.36. The molecule has 0 unspecified atom stereocenters. The predicted octanol–water partition coefficient (Wildman–Crippen LogP) is 1.73. The van der Waals surface area contributed by atoms with E-state index in [4.69, 9.17) is 14.0 Å². The minimum atomic E-state index is -0.527. The third-order valence-electron chi connectivity index (χ3n) is 3.61. The fourth-order valence-corrected chi connectivity index (χ4v) is 1.78. The van der Waals surface area contributed by atoms with Crippen molar-refractivity contribution >= 4 is 12.6 Å². The van der Waals surface area contributed by atoms with E-state index in [9.17, 15) is 4.39 Å². The average Bonchev–Trinajstić information content (AvgIpc) is 2.56. The van der Waals surface area contributed by atoms with Crippen molar-refractivity contribution in [3.63, 3.8) is 0 Å². The normalized spacial score (nSPS) is 20.6.